The van der Waals surface area contributed by atoms with Crippen LogP contribution >= 0.6 is 11.6 Å². The van der Waals surface area contributed by atoms with Crippen LogP contribution in [-0.2, 0) is 4.84 Å². The molecule has 152 valence electrons. The summed E-state index contributed by atoms with van der Waals surface area (Å²) in [6.45, 7) is 8.94. The number of piperidine rings is 1. The molecule has 3 unspecified atom stereocenters. The smallest absolute Gasteiger partial charge is 0.123 e. The zero-order chi connectivity index (χ0) is 20.7. The maximum absolute atomic E-state index is 6.74. The topological polar surface area (TPSA) is 60.6 Å². The Bertz CT molecular complexity index is 1150. The second-order valence-corrected chi connectivity index (χ2v) is 9.80. The third kappa shape index (κ3) is 2.51. The van der Waals surface area contributed by atoms with Crippen molar-refractivity contribution in [3.05, 3.63) is 40.9 Å². The van der Waals surface area contributed by atoms with Crippen molar-refractivity contribution in [1.29, 1.82) is 0 Å². The quantitative estimate of drug-likeness (QED) is 0.580. The van der Waals surface area contributed by atoms with E-state index in [2.05, 4.69) is 32.8 Å². The predicted octanol–water partition coefficient (Wildman–Crippen LogP) is 5.29. The van der Waals surface area contributed by atoms with Crippen LogP contribution in [0.2, 0.25) is 5.02 Å². The molecule has 0 radical (unpaired) electrons. The van der Waals surface area contributed by atoms with E-state index in [9.17, 15) is 0 Å². The molecule has 0 saturated carbocycles. The van der Waals surface area contributed by atoms with Crippen LogP contribution < -0.4 is 10.5 Å². The SMILES string of the molecule is COc1ccc2nc3cc(Cl)ccc3c(N)c2c1C1CC(C)(C)N2OC1C2(C)C. The van der Waals surface area contributed by atoms with Gasteiger partial charge in [-0.05, 0) is 64.4 Å². The zero-order valence-electron chi connectivity index (χ0n) is 17.4. The van der Waals surface area contributed by atoms with E-state index in [1.165, 1.54) is 0 Å². The number of hydrogen-bond acceptors (Lipinski definition) is 5. The standard InChI is InChI=1S/C23H26ClN3O2/c1-22(2)11-14(21-23(3,4)27(22)29-21)18-17(28-5)9-8-15-19(18)20(25)13-7-6-12(24)10-16(13)26-15/h6-10,14,21H,11H2,1-5H3,(H2,25,26). The summed E-state index contributed by atoms with van der Waals surface area (Å²) in [7, 11) is 1.71. The molecule has 3 aliphatic heterocycles. The Morgan fingerprint density at radius 3 is 2.59 bits per heavy atom. The van der Waals surface area contributed by atoms with Gasteiger partial charge in [-0.1, -0.05) is 11.6 Å². The number of hydrogen-bond donors (Lipinski definition) is 1. The Hall–Kier alpha value is -2.08. The lowest BCUT2D eigenvalue weighted by Gasteiger charge is -2.67. The highest BCUT2D eigenvalue weighted by atomic mass is 35.5. The van der Waals surface area contributed by atoms with Gasteiger partial charge in [-0.3, -0.25) is 4.84 Å². The second kappa shape index (κ2) is 5.97. The molecule has 0 aliphatic carbocycles. The van der Waals surface area contributed by atoms with Gasteiger partial charge in [-0.15, -0.1) is 0 Å². The van der Waals surface area contributed by atoms with Gasteiger partial charge < -0.3 is 10.5 Å². The highest BCUT2D eigenvalue weighted by Gasteiger charge is 2.63. The van der Waals surface area contributed by atoms with Gasteiger partial charge in [-0.2, -0.15) is 5.06 Å². The molecule has 1 aromatic heterocycles. The van der Waals surface area contributed by atoms with E-state index in [0.717, 1.165) is 39.5 Å². The van der Waals surface area contributed by atoms with Crippen molar-refractivity contribution in [2.45, 2.75) is 57.2 Å². The third-order valence-corrected chi connectivity index (χ3v) is 6.84. The number of ether oxygens (including phenoxy) is 1. The number of halogens is 1. The summed E-state index contributed by atoms with van der Waals surface area (Å²) in [5, 5.41) is 4.65. The number of nitrogen functional groups attached to an aromatic ring is 1. The van der Waals surface area contributed by atoms with Gasteiger partial charge in [0, 0.05) is 32.8 Å². The first-order valence-corrected chi connectivity index (χ1v) is 10.4. The summed E-state index contributed by atoms with van der Waals surface area (Å²) in [6, 6.07) is 9.62. The molecule has 2 N–H and O–H groups in total. The highest BCUT2D eigenvalue weighted by molar-refractivity contribution is 6.31. The van der Waals surface area contributed by atoms with Crippen molar-refractivity contribution >= 4 is 39.1 Å². The number of fused-ring (bicyclic) bond motifs is 4. The van der Waals surface area contributed by atoms with Crippen molar-refractivity contribution in [2.75, 3.05) is 12.8 Å². The minimum absolute atomic E-state index is 0.0633. The fourth-order valence-corrected chi connectivity index (χ4v) is 5.68. The molecule has 3 aliphatic rings. The molecule has 4 heterocycles. The Labute approximate surface area is 175 Å². The summed E-state index contributed by atoms with van der Waals surface area (Å²) in [5.41, 5.74) is 10.0. The molecule has 2 aromatic carbocycles. The highest BCUT2D eigenvalue weighted by Crippen LogP contribution is 2.57. The molecule has 3 fully saturated rings. The maximum atomic E-state index is 6.74. The average Bonchev–Trinajstić information content (AvgIpc) is 2.65. The molecule has 0 amide bonds. The molecule has 3 atom stereocenters. The van der Waals surface area contributed by atoms with Gasteiger partial charge in [0.25, 0.3) is 0 Å². The minimum Gasteiger partial charge on any atom is -0.496 e. The third-order valence-electron chi connectivity index (χ3n) is 6.61. The number of nitrogens with zero attached hydrogens (tertiary/aromatic N) is 2. The van der Waals surface area contributed by atoms with E-state index in [1.807, 2.05) is 30.3 Å². The Balaban J connectivity index is 1.82. The van der Waals surface area contributed by atoms with Crippen LogP contribution in [0.4, 0.5) is 5.69 Å². The normalized spacial score (nSPS) is 27.0. The Morgan fingerprint density at radius 1 is 1.17 bits per heavy atom. The summed E-state index contributed by atoms with van der Waals surface area (Å²) in [6.07, 6.45) is 1.02. The van der Waals surface area contributed by atoms with Crippen LogP contribution in [0.3, 0.4) is 0 Å². The number of nitrogens with two attached hydrogens (primary N) is 1. The number of benzene rings is 2. The fraction of sp³-hybridized carbons (Fsp3) is 0.435. The summed E-state index contributed by atoms with van der Waals surface area (Å²) in [5.74, 6) is 0.984. The Kier molecular flexibility index (Phi) is 3.90. The summed E-state index contributed by atoms with van der Waals surface area (Å²) in [4.78, 5) is 11.1. The zero-order valence-corrected chi connectivity index (χ0v) is 18.2. The van der Waals surface area contributed by atoms with Gasteiger partial charge >= 0.3 is 0 Å². The number of anilines is 1. The van der Waals surface area contributed by atoms with E-state index in [0.29, 0.717) is 10.7 Å². The molecule has 3 aromatic rings. The summed E-state index contributed by atoms with van der Waals surface area (Å²) >= 11 is 6.19. The largest absolute Gasteiger partial charge is 0.496 e. The first kappa shape index (κ1) is 18.9. The van der Waals surface area contributed by atoms with Crippen molar-refractivity contribution < 1.29 is 9.57 Å². The molecular formula is C23H26ClN3O2. The number of methoxy groups -OCH3 is 1. The van der Waals surface area contributed by atoms with Crippen LogP contribution in [-0.4, -0.2) is 34.3 Å². The molecule has 5 nitrogen and oxygen atoms in total. The molecule has 0 spiro atoms. The first-order valence-electron chi connectivity index (χ1n) is 9.97. The van der Waals surface area contributed by atoms with Crippen LogP contribution in [0.25, 0.3) is 21.8 Å². The lowest BCUT2D eigenvalue weighted by molar-refractivity contribution is -0.439. The van der Waals surface area contributed by atoms with Gasteiger partial charge in [0.05, 0.1) is 29.4 Å². The van der Waals surface area contributed by atoms with Crippen molar-refractivity contribution in [1.82, 2.24) is 10.0 Å². The van der Waals surface area contributed by atoms with E-state index in [4.69, 9.17) is 31.9 Å². The van der Waals surface area contributed by atoms with Crippen molar-refractivity contribution in [3.8, 4) is 5.75 Å². The molecule has 29 heavy (non-hydrogen) atoms. The number of aromatic nitrogens is 1. The molecular weight excluding hydrogens is 386 g/mol. The lowest BCUT2D eigenvalue weighted by Crippen LogP contribution is -2.77. The molecule has 2 bridgehead atoms. The van der Waals surface area contributed by atoms with Crippen LogP contribution in [0.5, 0.6) is 5.75 Å². The number of rotatable bonds is 2. The summed E-state index contributed by atoms with van der Waals surface area (Å²) < 4.78 is 5.82. The van der Waals surface area contributed by atoms with E-state index < -0.39 is 0 Å². The Morgan fingerprint density at radius 2 is 1.93 bits per heavy atom. The molecule has 6 rings (SSSR count). The first-order chi connectivity index (χ1) is 13.6. The number of pyridine rings is 1. The van der Waals surface area contributed by atoms with E-state index >= 15 is 0 Å². The maximum Gasteiger partial charge on any atom is 0.123 e. The predicted molar refractivity (Wildman–Crippen MR) is 117 cm³/mol. The van der Waals surface area contributed by atoms with Crippen LogP contribution in [0, 0.1) is 0 Å². The van der Waals surface area contributed by atoms with Crippen molar-refractivity contribution in [3.63, 3.8) is 0 Å². The lowest BCUT2D eigenvalue weighted by atomic mass is 9.67. The van der Waals surface area contributed by atoms with Gasteiger partial charge in [0.15, 0.2) is 0 Å². The second-order valence-electron chi connectivity index (χ2n) is 9.36. The van der Waals surface area contributed by atoms with E-state index in [1.54, 1.807) is 7.11 Å². The van der Waals surface area contributed by atoms with Crippen molar-refractivity contribution in [2.24, 2.45) is 0 Å². The van der Waals surface area contributed by atoms with Crippen LogP contribution in [0.15, 0.2) is 30.3 Å². The van der Waals surface area contributed by atoms with E-state index in [-0.39, 0.29) is 23.1 Å². The molecule has 6 heteroatoms. The number of hydroxylamine groups is 2. The average molecular weight is 412 g/mol. The van der Waals surface area contributed by atoms with Gasteiger partial charge in [0.2, 0.25) is 0 Å². The molecule has 3 saturated heterocycles. The van der Waals surface area contributed by atoms with Crippen LogP contribution in [0.1, 0.15) is 45.6 Å². The monoisotopic (exact) mass is 411 g/mol. The fourth-order valence-electron chi connectivity index (χ4n) is 5.52. The minimum atomic E-state index is -0.0946. The van der Waals surface area contributed by atoms with Gasteiger partial charge in [-0.25, -0.2) is 4.98 Å². The van der Waals surface area contributed by atoms with Gasteiger partial charge in [0.1, 0.15) is 11.9 Å².